The minimum absolute atomic E-state index is 0.0474. The first-order valence-corrected chi connectivity index (χ1v) is 13.0. The summed E-state index contributed by atoms with van der Waals surface area (Å²) in [4.78, 5) is 47.4. The summed E-state index contributed by atoms with van der Waals surface area (Å²) < 4.78 is 61.6. The molecule has 0 bridgehead atoms. The quantitative estimate of drug-likeness (QED) is 0.512. The first kappa shape index (κ1) is 27.5. The van der Waals surface area contributed by atoms with Gasteiger partial charge in [0.25, 0.3) is 15.7 Å². The predicted octanol–water partition coefficient (Wildman–Crippen LogP) is 1.53. The van der Waals surface area contributed by atoms with Gasteiger partial charge in [-0.2, -0.15) is 13.2 Å². The van der Waals surface area contributed by atoms with Crippen molar-refractivity contribution in [1.29, 1.82) is 0 Å². The molecule has 11 nitrogen and oxygen atoms in total. The molecule has 2 aromatic rings. The number of anilines is 2. The predicted molar refractivity (Wildman–Crippen MR) is 130 cm³/mol. The summed E-state index contributed by atoms with van der Waals surface area (Å²) in [6, 6.07) is 4.18. The van der Waals surface area contributed by atoms with Gasteiger partial charge in [0.05, 0.1) is 35.6 Å². The maximum absolute atomic E-state index is 13.0. The van der Waals surface area contributed by atoms with Gasteiger partial charge in [0.15, 0.2) is 0 Å². The summed E-state index contributed by atoms with van der Waals surface area (Å²) in [5.41, 5.74) is -4.64. The van der Waals surface area contributed by atoms with Gasteiger partial charge in [-0.25, -0.2) is 18.1 Å². The van der Waals surface area contributed by atoms with E-state index < -0.39 is 32.2 Å². The van der Waals surface area contributed by atoms with Crippen molar-refractivity contribution < 1.29 is 36.0 Å². The molecule has 2 aliphatic rings. The van der Waals surface area contributed by atoms with E-state index in [1.165, 1.54) is 17.3 Å². The number of alkyl halides is 3. The number of nitrogens with zero attached hydrogens (tertiary/aromatic N) is 5. The second kappa shape index (κ2) is 10.7. The second-order valence-corrected chi connectivity index (χ2v) is 10.9. The summed E-state index contributed by atoms with van der Waals surface area (Å²) in [7, 11) is -3.55. The van der Waals surface area contributed by atoms with Gasteiger partial charge in [0.2, 0.25) is 5.91 Å². The molecule has 0 radical (unpaired) electrons. The van der Waals surface area contributed by atoms with E-state index in [0.29, 0.717) is 23.4 Å². The third-order valence-electron chi connectivity index (χ3n) is 6.26. The number of carbonyl (C=O) groups excluding carboxylic acids is 3. The molecule has 204 valence electrons. The first-order valence-electron chi connectivity index (χ1n) is 11.5. The number of pyridine rings is 1. The third kappa shape index (κ3) is 5.79. The van der Waals surface area contributed by atoms with Crippen molar-refractivity contribution in [3.05, 3.63) is 48.3 Å². The molecule has 2 fully saturated rings. The van der Waals surface area contributed by atoms with Crippen molar-refractivity contribution in [2.45, 2.75) is 16.9 Å². The molecule has 0 spiro atoms. The Morgan fingerprint density at radius 1 is 1.05 bits per heavy atom. The fraction of sp³-hybridized carbons (Fsp3) is 0.391. The molecule has 4 amide bonds. The van der Waals surface area contributed by atoms with E-state index in [2.05, 4.69) is 15.2 Å². The topological polar surface area (TPSA) is 123 Å². The number of rotatable bonds is 7. The number of sulfone groups is 1. The zero-order valence-electron chi connectivity index (χ0n) is 20.3. The molecule has 0 atom stereocenters. The van der Waals surface area contributed by atoms with E-state index in [9.17, 15) is 36.0 Å². The molecule has 15 heteroatoms. The smallest absolute Gasteiger partial charge is 0.323 e. The lowest BCUT2D eigenvalue weighted by Gasteiger charge is -2.31. The minimum Gasteiger partial charge on any atom is -0.323 e. The summed E-state index contributed by atoms with van der Waals surface area (Å²) in [5, 5.41) is 2.80. The number of piperazine rings is 1. The van der Waals surface area contributed by atoms with E-state index in [-0.39, 0.29) is 31.2 Å². The fourth-order valence-electron chi connectivity index (χ4n) is 4.11. The van der Waals surface area contributed by atoms with E-state index in [1.807, 2.05) is 11.9 Å². The van der Waals surface area contributed by atoms with Gasteiger partial charge in [-0.1, -0.05) is 0 Å². The van der Waals surface area contributed by atoms with E-state index in [1.54, 1.807) is 6.07 Å². The minimum atomic E-state index is -5.57. The Bertz CT molecular complexity index is 1330. The molecular formula is C23H25F3N6O5S. The van der Waals surface area contributed by atoms with Crippen LogP contribution in [-0.2, 0) is 26.0 Å². The number of aromatic nitrogens is 1. The number of nitrogens with one attached hydrogen (secondary N) is 1. The van der Waals surface area contributed by atoms with Crippen molar-refractivity contribution >= 4 is 39.1 Å². The molecule has 0 saturated carbocycles. The molecule has 4 rings (SSSR count). The summed E-state index contributed by atoms with van der Waals surface area (Å²) in [5.74, 6) is -0.890. The van der Waals surface area contributed by atoms with Crippen LogP contribution in [0.1, 0.15) is 5.56 Å². The van der Waals surface area contributed by atoms with Crippen molar-refractivity contribution in [3.63, 3.8) is 0 Å². The van der Waals surface area contributed by atoms with E-state index >= 15 is 0 Å². The lowest BCUT2D eigenvalue weighted by atomic mass is 10.2. The average molecular weight is 555 g/mol. The largest absolute Gasteiger partial charge is 0.501 e. The number of benzene rings is 1. The van der Waals surface area contributed by atoms with Gasteiger partial charge in [-0.3, -0.25) is 19.5 Å². The maximum Gasteiger partial charge on any atom is 0.501 e. The number of halogens is 3. The average Bonchev–Trinajstić information content (AvgIpc) is 3.13. The Hall–Kier alpha value is -3.56. The lowest BCUT2D eigenvalue weighted by molar-refractivity contribution is -0.118. The number of hydrogen-bond acceptors (Lipinski definition) is 8. The van der Waals surface area contributed by atoms with Gasteiger partial charge in [-0.15, -0.1) is 0 Å². The summed E-state index contributed by atoms with van der Waals surface area (Å²) in [6.07, 6.45) is 2.92. The SMILES string of the molecule is CN1CCN(CC(=O)Nc2cnccc2CN2CC(=O)N(c3ccc(S(=O)(=O)C(F)(F)F)cc3)C2=O)CC1. The van der Waals surface area contributed by atoms with Crippen LogP contribution in [-0.4, -0.2) is 97.8 Å². The van der Waals surface area contributed by atoms with Crippen molar-refractivity contribution in [2.24, 2.45) is 0 Å². The van der Waals surface area contributed by atoms with Crippen LogP contribution in [0.25, 0.3) is 0 Å². The number of amides is 4. The van der Waals surface area contributed by atoms with Crippen molar-refractivity contribution in [1.82, 2.24) is 19.7 Å². The van der Waals surface area contributed by atoms with Crippen LogP contribution in [0.3, 0.4) is 0 Å². The van der Waals surface area contributed by atoms with Crippen LogP contribution in [0.2, 0.25) is 0 Å². The normalized spacial score (nSPS) is 17.8. The van der Waals surface area contributed by atoms with Crippen molar-refractivity contribution in [2.75, 3.05) is 56.5 Å². The van der Waals surface area contributed by atoms with Crippen LogP contribution in [0.4, 0.5) is 29.3 Å². The molecule has 1 aromatic carbocycles. The van der Waals surface area contributed by atoms with E-state index in [0.717, 1.165) is 43.2 Å². The van der Waals surface area contributed by atoms with Gasteiger partial charge < -0.3 is 15.1 Å². The van der Waals surface area contributed by atoms with Crippen molar-refractivity contribution in [3.8, 4) is 0 Å². The first-order chi connectivity index (χ1) is 17.9. The molecule has 1 aromatic heterocycles. The molecule has 0 aliphatic carbocycles. The number of carbonyl (C=O) groups is 3. The fourth-order valence-corrected chi connectivity index (χ4v) is 4.88. The zero-order valence-corrected chi connectivity index (χ0v) is 21.1. The Balaban J connectivity index is 1.44. The second-order valence-electron chi connectivity index (χ2n) is 8.97. The monoisotopic (exact) mass is 554 g/mol. The Kier molecular flexibility index (Phi) is 7.71. The van der Waals surface area contributed by atoms with Crippen LogP contribution in [0.5, 0.6) is 0 Å². The van der Waals surface area contributed by atoms with E-state index in [4.69, 9.17) is 0 Å². The molecule has 2 saturated heterocycles. The molecule has 1 N–H and O–H groups in total. The number of likely N-dealkylation sites (N-methyl/N-ethyl adjacent to an activating group) is 1. The number of imide groups is 1. The molecule has 0 unspecified atom stereocenters. The lowest BCUT2D eigenvalue weighted by Crippen LogP contribution is -2.47. The van der Waals surface area contributed by atoms with Crippen LogP contribution >= 0.6 is 0 Å². The van der Waals surface area contributed by atoms with Gasteiger partial charge in [0, 0.05) is 32.4 Å². The molecule has 2 aliphatic heterocycles. The molecule has 3 heterocycles. The van der Waals surface area contributed by atoms with Gasteiger partial charge in [-0.05, 0) is 42.9 Å². The Labute approximate surface area is 216 Å². The highest BCUT2D eigenvalue weighted by Gasteiger charge is 2.47. The van der Waals surface area contributed by atoms with Gasteiger partial charge >= 0.3 is 11.5 Å². The van der Waals surface area contributed by atoms with Crippen LogP contribution < -0.4 is 10.2 Å². The Morgan fingerprint density at radius 3 is 2.34 bits per heavy atom. The van der Waals surface area contributed by atoms with Crippen LogP contribution in [0, 0.1) is 0 Å². The summed E-state index contributed by atoms with van der Waals surface area (Å²) >= 11 is 0. The number of hydrogen-bond donors (Lipinski definition) is 1. The zero-order chi connectivity index (χ0) is 27.7. The highest BCUT2D eigenvalue weighted by atomic mass is 32.2. The third-order valence-corrected chi connectivity index (χ3v) is 7.76. The number of urea groups is 1. The highest BCUT2D eigenvalue weighted by molar-refractivity contribution is 7.92. The molecular weight excluding hydrogens is 529 g/mol. The van der Waals surface area contributed by atoms with Crippen LogP contribution in [0.15, 0.2) is 47.6 Å². The van der Waals surface area contributed by atoms with Gasteiger partial charge in [0.1, 0.15) is 6.54 Å². The maximum atomic E-state index is 13.0. The standard InChI is InChI=1S/C23H25F3N6O5S/c1-29-8-10-30(11-9-29)14-20(33)28-19-12-27-7-6-16(19)13-31-15-21(34)32(22(31)35)17-2-4-18(5-3-17)38(36,37)23(24,25)26/h2-7,12H,8-11,13-15H2,1H3,(H,28,33). The Morgan fingerprint density at radius 2 is 1.71 bits per heavy atom. The highest BCUT2D eigenvalue weighted by Crippen LogP contribution is 2.32. The molecule has 38 heavy (non-hydrogen) atoms. The summed E-state index contributed by atoms with van der Waals surface area (Å²) in [6.45, 7) is 3.05.